The molecule has 6 nitrogen and oxygen atoms in total. The van der Waals surface area contributed by atoms with E-state index in [0.29, 0.717) is 16.1 Å². The fraction of sp³-hybridized carbons (Fsp3) is 0.250. The molecule has 0 aliphatic rings. The van der Waals surface area contributed by atoms with E-state index in [1.165, 1.54) is 0 Å². The first kappa shape index (κ1) is 13.4. The van der Waals surface area contributed by atoms with E-state index in [1.807, 2.05) is 0 Å². The van der Waals surface area contributed by atoms with Crippen LogP contribution in [0, 0.1) is 6.92 Å². The number of esters is 1. The number of aromatic amines is 1. The van der Waals surface area contributed by atoms with Crippen LogP contribution in [0.25, 0.3) is 11.3 Å². The van der Waals surface area contributed by atoms with Gasteiger partial charge in [-0.2, -0.15) is 10.3 Å². The maximum atomic E-state index is 11.7. The predicted molar refractivity (Wildman–Crippen MR) is 69.2 cm³/mol. The van der Waals surface area contributed by atoms with Crippen molar-refractivity contribution in [2.75, 3.05) is 6.61 Å². The Morgan fingerprint density at radius 2 is 2.21 bits per heavy atom. The van der Waals surface area contributed by atoms with Crippen molar-refractivity contribution in [3.63, 3.8) is 0 Å². The fourth-order valence-electron chi connectivity index (χ4n) is 1.63. The Labute approximate surface area is 114 Å². The third-order valence-electron chi connectivity index (χ3n) is 2.64. The molecule has 2 rings (SSSR count). The van der Waals surface area contributed by atoms with Crippen molar-refractivity contribution >= 4 is 17.6 Å². The van der Waals surface area contributed by atoms with Crippen LogP contribution >= 0.6 is 11.6 Å². The molecule has 0 aliphatic heterocycles. The van der Waals surface area contributed by atoms with E-state index in [2.05, 4.69) is 15.4 Å². The Kier molecular flexibility index (Phi) is 3.71. The molecular formula is C12H12ClN3O3. The van der Waals surface area contributed by atoms with Gasteiger partial charge in [-0.25, -0.2) is 4.79 Å². The van der Waals surface area contributed by atoms with Gasteiger partial charge in [-0.3, -0.25) is 0 Å². The van der Waals surface area contributed by atoms with Crippen LogP contribution in [0.5, 0.6) is 5.75 Å². The lowest BCUT2D eigenvalue weighted by molar-refractivity contribution is 0.0520. The van der Waals surface area contributed by atoms with Gasteiger partial charge in [0.2, 0.25) is 0 Å². The molecule has 1 heterocycles. The highest BCUT2D eigenvalue weighted by Crippen LogP contribution is 2.35. The summed E-state index contributed by atoms with van der Waals surface area (Å²) in [6.07, 6.45) is 0. The van der Waals surface area contributed by atoms with Crippen LogP contribution in [-0.2, 0) is 4.74 Å². The molecular weight excluding hydrogens is 270 g/mol. The lowest BCUT2D eigenvalue weighted by Crippen LogP contribution is -2.06. The van der Waals surface area contributed by atoms with Crippen LogP contribution in [0.4, 0.5) is 0 Å². The summed E-state index contributed by atoms with van der Waals surface area (Å²) in [7, 11) is 0. The lowest BCUT2D eigenvalue weighted by atomic mass is 10.1. The van der Waals surface area contributed by atoms with E-state index in [4.69, 9.17) is 16.3 Å². The molecule has 0 unspecified atom stereocenters. The first-order chi connectivity index (χ1) is 9.06. The van der Waals surface area contributed by atoms with Crippen LogP contribution in [-0.4, -0.2) is 33.1 Å². The molecule has 0 fully saturated rings. The summed E-state index contributed by atoms with van der Waals surface area (Å²) in [6.45, 7) is 3.60. The van der Waals surface area contributed by atoms with E-state index in [-0.39, 0.29) is 23.7 Å². The number of phenols is 1. The van der Waals surface area contributed by atoms with Gasteiger partial charge >= 0.3 is 5.97 Å². The van der Waals surface area contributed by atoms with Crippen molar-refractivity contribution in [2.45, 2.75) is 13.8 Å². The van der Waals surface area contributed by atoms with Gasteiger partial charge in [-0.1, -0.05) is 11.6 Å². The fourth-order valence-corrected chi connectivity index (χ4v) is 1.78. The summed E-state index contributed by atoms with van der Waals surface area (Å²) in [5, 5.41) is 20.5. The van der Waals surface area contributed by atoms with Gasteiger partial charge in [-0.15, -0.1) is 5.10 Å². The zero-order chi connectivity index (χ0) is 14.0. The van der Waals surface area contributed by atoms with Gasteiger partial charge in [0.25, 0.3) is 0 Å². The maximum Gasteiger partial charge on any atom is 0.361 e. The topological polar surface area (TPSA) is 88.1 Å². The summed E-state index contributed by atoms with van der Waals surface area (Å²) in [5.74, 6) is -0.634. The van der Waals surface area contributed by atoms with E-state index in [1.54, 1.807) is 26.0 Å². The molecule has 19 heavy (non-hydrogen) atoms. The summed E-state index contributed by atoms with van der Waals surface area (Å²) in [5.41, 5.74) is 1.14. The lowest BCUT2D eigenvalue weighted by Gasteiger charge is -2.07. The number of aromatic nitrogens is 3. The van der Waals surface area contributed by atoms with Crippen LogP contribution in [0.1, 0.15) is 23.0 Å². The van der Waals surface area contributed by atoms with Crippen molar-refractivity contribution in [3.05, 3.63) is 28.4 Å². The number of H-pyrrole nitrogens is 1. The number of nitrogens with one attached hydrogen (secondary N) is 1. The predicted octanol–water partition coefficient (Wildman–Crippen LogP) is 2.32. The molecule has 0 bridgehead atoms. The molecule has 0 aliphatic carbocycles. The number of halogens is 1. The zero-order valence-electron chi connectivity index (χ0n) is 10.4. The van der Waals surface area contributed by atoms with Crippen molar-refractivity contribution in [1.82, 2.24) is 15.4 Å². The van der Waals surface area contributed by atoms with Crippen LogP contribution < -0.4 is 0 Å². The average Bonchev–Trinajstić information content (AvgIpc) is 2.85. The van der Waals surface area contributed by atoms with E-state index >= 15 is 0 Å². The summed E-state index contributed by atoms with van der Waals surface area (Å²) < 4.78 is 4.87. The average molecular weight is 282 g/mol. The van der Waals surface area contributed by atoms with Crippen LogP contribution in [0.15, 0.2) is 12.1 Å². The Balaban J connectivity index is 2.52. The maximum absolute atomic E-state index is 11.7. The van der Waals surface area contributed by atoms with Gasteiger partial charge in [0.15, 0.2) is 5.69 Å². The molecule has 0 radical (unpaired) electrons. The number of carbonyl (C=O) groups is 1. The van der Waals surface area contributed by atoms with E-state index in [0.717, 1.165) is 0 Å². The third kappa shape index (κ3) is 2.39. The van der Waals surface area contributed by atoms with Crippen LogP contribution in [0.2, 0.25) is 5.02 Å². The standard InChI is InChI=1S/C12H12ClN3O3/c1-3-19-12(18)10-9(14-16-15-10)7-4-5-8(13)6(2)11(7)17/h4-5,17H,3H2,1-2H3,(H,14,15,16). The number of phenolic OH excluding ortho intramolecular Hbond substituents is 1. The van der Waals surface area contributed by atoms with Crippen molar-refractivity contribution in [3.8, 4) is 17.0 Å². The first-order valence-electron chi connectivity index (χ1n) is 5.62. The highest BCUT2D eigenvalue weighted by Gasteiger charge is 2.22. The highest BCUT2D eigenvalue weighted by molar-refractivity contribution is 6.31. The summed E-state index contributed by atoms with van der Waals surface area (Å²) >= 11 is 5.90. The quantitative estimate of drug-likeness (QED) is 0.843. The number of hydrogen-bond donors (Lipinski definition) is 2. The Morgan fingerprint density at radius 3 is 2.89 bits per heavy atom. The number of carbonyl (C=O) groups excluding carboxylic acids is 1. The Hall–Kier alpha value is -2.08. The molecule has 0 saturated heterocycles. The molecule has 0 saturated carbocycles. The van der Waals surface area contributed by atoms with E-state index in [9.17, 15) is 9.90 Å². The van der Waals surface area contributed by atoms with Crippen LogP contribution in [0.3, 0.4) is 0 Å². The minimum absolute atomic E-state index is 0.0267. The summed E-state index contributed by atoms with van der Waals surface area (Å²) in [4.78, 5) is 11.7. The van der Waals surface area contributed by atoms with Gasteiger partial charge in [0, 0.05) is 16.1 Å². The van der Waals surface area contributed by atoms with Gasteiger partial charge < -0.3 is 9.84 Å². The van der Waals surface area contributed by atoms with Gasteiger partial charge in [0.1, 0.15) is 11.4 Å². The van der Waals surface area contributed by atoms with E-state index < -0.39 is 5.97 Å². The molecule has 2 N–H and O–H groups in total. The number of rotatable bonds is 3. The number of benzene rings is 1. The van der Waals surface area contributed by atoms with Crippen molar-refractivity contribution < 1.29 is 14.6 Å². The number of nitrogens with zero attached hydrogens (tertiary/aromatic N) is 2. The second kappa shape index (κ2) is 5.27. The minimum atomic E-state index is -0.599. The second-order valence-electron chi connectivity index (χ2n) is 3.81. The van der Waals surface area contributed by atoms with Crippen molar-refractivity contribution in [2.24, 2.45) is 0 Å². The zero-order valence-corrected chi connectivity index (χ0v) is 11.2. The van der Waals surface area contributed by atoms with Gasteiger partial charge in [0.05, 0.1) is 6.61 Å². The molecule has 0 amide bonds. The van der Waals surface area contributed by atoms with Gasteiger partial charge in [-0.05, 0) is 26.0 Å². The minimum Gasteiger partial charge on any atom is -0.507 e. The highest BCUT2D eigenvalue weighted by atomic mass is 35.5. The number of hydrogen-bond acceptors (Lipinski definition) is 5. The molecule has 100 valence electrons. The second-order valence-corrected chi connectivity index (χ2v) is 4.22. The molecule has 7 heteroatoms. The molecule has 0 atom stereocenters. The third-order valence-corrected chi connectivity index (χ3v) is 3.05. The molecule has 1 aromatic carbocycles. The SMILES string of the molecule is CCOC(=O)c1n[nH]nc1-c1ccc(Cl)c(C)c1O. The Bertz CT molecular complexity index is 625. The number of ether oxygens (including phenoxy) is 1. The summed E-state index contributed by atoms with van der Waals surface area (Å²) in [6, 6.07) is 3.20. The molecule has 2 aromatic rings. The molecule has 0 spiro atoms. The first-order valence-corrected chi connectivity index (χ1v) is 6.00. The molecule has 1 aromatic heterocycles. The monoisotopic (exact) mass is 281 g/mol. The Morgan fingerprint density at radius 1 is 1.47 bits per heavy atom. The largest absolute Gasteiger partial charge is 0.507 e. The normalized spacial score (nSPS) is 10.5. The van der Waals surface area contributed by atoms with Crippen molar-refractivity contribution in [1.29, 1.82) is 0 Å². The smallest absolute Gasteiger partial charge is 0.361 e. The number of aromatic hydroxyl groups is 1.